The average Bonchev–Trinajstić information content (AvgIpc) is 2.58. The standard InChI is InChI=1S/C18H19N.C2H6/c1-14-7-9-15(10-8-14)17-11-12-19-18(13-17)16-5-3-2-4-6-16;1-2/h2-5,7-13,16,18-19H,6H2,1H3;1-2H3. The Morgan fingerprint density at radius 3 is 2.48 bits per heavy atom. The molecule has 1 heteroatoms. The van der Waals surface area contributed by atoms with Crippen molar-refractivity contribution in [1.29, 1.82) is 0 Å². The van der Waals surface area contributed by atoms with Gasteiger partial charge < -0.3 is 5.32 Å². The van der Waals surface area contributed by atoms with Gasteiger partial charge in [-0.05, 0) is 36.8 Å². The summed E-state index contributed by atoms with van der Waals surface area (Å²) in [5.74, 6) is 0.551. The Balaban J connectivity index is 0.000000774. The Labute approximate surface area is 128 Å². The fraction of sp³-hybridized carbons (Fsp3) is 0.300. The highest BCUT2D eigenvalue weighted by atomic mass is 14.9. The van der Waals surface area contributed by atoms with Crippen molar-refractivity contribution in [2.45, 2.75) is 33.2 Å². The number of aryl methyl sites for hydroxylation is 1. The van der Waals surface area contributed by atoms with E-state index in [1.54, 1.807) is 0 Å². The van der Waals surface area contributed by atoms with E-state index in [0.717, 1.165) is 6.42 Å². The van der Waals surface area contributed by atoms with E-state index < -0.39 is 0 Å². The summed E-state index contributed by atoms with van der Waals surface area (Å²) in [7, 11) is 0. The summed E-state index contributed by atoms with van der Waals surface area (Å²) in [6.07, 6.45) is 16.5. The molecule has 21 heavy (non-hydrogen) atoms. The van der Waals surface area contributed by atoms with Gasteiger partial charge in [-0.15, -0.1) is 0 Å². The van der Waals surface area contributed by atoms with Crippen LogP contribution in [0.2, 0.25) is 0 Å². The summed E-state index contributed by atoms with van der Waals surface area (Å²) in [5.41, 5.74) is 3.91. The molecule has 1 aliphatic heterocycles. The molecule has 1 nitrogen and oxygen atoms in total. The highest BCUT2D eigenvalue weighted by Crippen LogP contribution is 2.25. The van der Waals surface area contributed by atoms with Crippen LogP contribution in [0, 0.1) is 12.8 Å². The SMILES string of the molecule is CC.Cc1ccc(C2=CC(C3C=CC=CC3)NC=C2)cc1. The van der Waals surface area contributed by atoms with Crippen molar-refractivity contribution in [3.63, 3.8) is 0 Å². The molecule has 0 spiro atoms. The Hall–Kier alpha value is -2.02. The molecular weight excluding hydrogens is 254 g/mol. The van der Waals surface area contributed by atoms with E-state index in [4.69, 9.17) is 0 Å². The third-order valence-corrected chi connectivity index (χ3v) is 3.77. The van der Waals surface area contributed by atoms with Crippen LogP contribution < -0.4 is 5.32 Å². The molecule has 0 amide bonds. The molecule has 1 aliphatic carbocycles. The van der Waals surface area contributed by atoms with Gasteiger partial charge in [0.1, 0.15) is 0 Å². The lowest BCUT2D eigenvalue weighted by atomic mass is 9.89. The highest BCUT2D eigenvalue weighted by Gasteiger charge is 2.18. The molecule has 0 radical (unpaired) electrons. The lowest BCUT2D eigenvalue weighted by Crippen LogP contribution is -2.32. The van der Waals surface area contributed by atoms with Crippen LogP contribution in [0.15, 0.2) is 66.9 Å². The van der Waals surface area contributed by atoms with Crippen LogP contribution in [0.4, 0.5) is 0 Å². The minimum Gasteiger partial charge on any atom is -0.384 e. The Morgan fingerprint density at radius 2 is 1.81 bits per heavy atom. The van der Waals surface area contributed by atoms with Gasteiger partial charge in [-0.25, -0.2) is 0 Å². The molecule has 110 valence electrons. The maximum atomic E-state index is 3.46. The van der Waals surface area contributed by atoms with Crippen LogP contribution in [0.1, 0.15) is 31.4 Å². The van der Waals surface area contributed by atoms with E-state index >= 15 is 0 Å². The van der Waals surface area contributed by atoms with Crippen molar-refractivity contribution in [2.24, 2.45) is 5.92 Å². The molecule has 2 aliphatic rings. The van der Waals surface area contributed by atoms with Crippen molar-refractivity contribution in [3.05, 3.63) is 78.0 Å². The van der Waals surface area contributed by atoms with Crippen LogP contribution in [-0.2, 0) is 0 Å². The smallest absolute Gasteiger partial charge is 0.0513 e. The molecule has 0 fully saturated rings. The Bertz CT molecular complexity index is 558. The van der Waals surface area contributed by atoms with E-state index in [0.29, 0.717) is 12.0 Å². The lowest BCUT2D eigenvalue weighted by molar-refractivity contribution is 0.522. The predicted molar refractivity (Wildman–Crippen MR) is 93.0 cm³/mol. The predicted octanol–water partition coefficient (Wildman–Crippen LogP) is 5.02. The van der Waals surface area contributed by atoms with Crippen LogP contribution >= 0.6 is 0 Å². The third kappa shape index (κ3) is 3.98. The van der Waals surface area contributed by atoms with Gasteiger partial charge in [0.25, 0.3) is 0 Å². The van der Waals surface area contributed by atoms with Gasteiger partial charge >= 0.3 is 0 Å². The quantitative estimate of drug-likeness (QED) is 0.801. The first-order valence-corrected chi connectivity index (χ1v) is 7.88. The zero-order valence-corrected chi connectivity index (χ0v) is 13.2. The van der Waals surface area contributed by atoms with E-state index in [1.165, 1.54) is 16.7 Å². The fourth-order valence-corrected chi connectivity index (χ4v) is 2.60. The molecular formula is C20H25N. The van der Waals surface area contributed by atoms with E-state index in [1.807, 2.05) is 13.8 Å². The lowest BCUT2D eigenvalue weighted by Gasteiger charge is -2.26. The number of nitrogens with one attached hydrogen (secondary N) is 1. The van der Waals surface area contributed by atoms with E-state index in [-0.39, 0.29) is 0 Å². The molecule has 2 atom stereocenters. The second kappa shape index (κ2) is 7.68. The fourth-order valence-electron chi connectivity index (χ4n) is 2.60. The maximum absolute atomic E-state index is 3.46. The van der Waals surface area contributed by atoms with Crippen LogP contribution in [0.5, 0.6) is 0 Å². The summed E-state index contributed by atoms with van der Waals surface area (Å²) in [5, 5.41) is 3.46. The number of hydrogen-bond acceptors (Lipinski definition) is 1. The van der Waals surface area contributed by atoms with Crippen molar-refractivity contribution in [3.8, 4) is 0 Å². The van der Waals surface area contributed by atoms with Crippen LogP contribution in [0.3, 0.4) is 0 Å². The van der Waals surface area contributed by atoms with Gasteiger partial charge in [0.05, 0.1) is 6.04 Å². The maximum Gasteiger partial charge on any atom is 0.0513 e. The monoisotopic (exact) mass is 279 g/mol. The largest absolute Gasteiger partial charge is 0.384 e. The summed E-state index contributed by atoms with van der Waals surface area (Å²) >= 11 is 0. The molecule has 1 N–H and O–H groups in total. The van der Waals surface area contributed by atoms with Gasteiger partial charge in [-0.1, -0.05) is 74.1 Å². The molecule has 1 aromatic rings. The van der Waals surface area contributed by atoms with Crippen LogP contribution in [0.25, 0.3) is 5.57 Å². The van der Waals surface area contributed by atoms with E-state index in [2.05, 4.69) is 79.2 Å². The molecule has 0 saturated carbocycles. The molecule has 0 aromatic heterocycles. The number of dihydropyridines is 1. The van der Waals surface area contributed by atoms with Gasteiger partial charge in [0.2, 0.25) is 0 Å². The second-order valence-electron chi connectivity index (χ2n) is 5.23. The van der Waals surface area contributed by atoms with Crippen molar-refractivity contribution >= 4 is 5.57 Å². The summed E-state index contributed by atoms with van der Waals surface area (Å²) in [6.45, 7) is 6.12. The number of benzene rings is 1. The highest BCUT2D eigenvalue weighted by molar-refractivity contribution is 5.75. The van der Waals surface area contributed by atoms with E-state index in [9.17, 15) is 0 Å². The topological polar surface area (TPSA) is 12.0 Å². The molecule has 3 rings (SSSR count). The van der Waals surface area contributed by atoms with Gasteiger partial charge in [0.15, 0.2) is 0 Å². The second-order valence-corrected chi connectivity index (χ2v) is 5.23. The first-order chi connectivity index (χ1) is 10.3. The first kappa shape index (κ1) is 15.4. The molecule has 2 unspecified atom stereocenters. The summed E-state index contributed by atoms with van der Waals surface area (Å²) < 4.78 is 0. The molecule has 0 saturated heterocycles. The normalized spacial score (nSPS) is 22.9. The number of hydrogen-bond donors (Lipinski definition) is 1. The molecule has 1 heterocycles. The van der Waals surface area contributed by atoms with Crippen molar-refractivity contribution in [1.82, 2.24) is 5.32 Å². The zero-order chi connectivity index (χ0) is 15.1. The number of allylic oxidation sites excluding steroid dienone is 5. The van der Waals surface area contributed by atoms with Gasteiger partial charge in [-0.3, -0.25) is 0 Å². The van der Waals surface area contributed by atoms with Crippen molar-refractivity contribution in [2.75, 3.05) is 0 Å². The minimum absolute atomic E-state index is 0.391. The summed E-state index contributed by atoms with van der Waals surface area (Å²) in [4.78, 5) is 0. The third-order valence-electron chi connectivity index (χ3n) is 3.77. The Kier molecular flexibility index (Phi) is 5.62. The molecule has 1 aromatic carbocycles. The van der Waals surface area contributed by atoms with Gasteiger partial charge in [0, 0.05) is 5.92 Å². The van der Waals surface area contributed by atoms with Crippen LogP contribution in [-0.4, -0.2) is 6.04 Å². The zero-order valence-electron chi connectivity index (χ0n) is 13.2. The molecule has 0 bridgehead atoms. The minimum atomic E-state index is 0.391. The average molecular weight is 279 g/mol. The van der Waals surface area contributed by atoms with Crippen molar-refractivity contribution < 1.29 is 0 Å². The Morgan fingerprint density at radius 1 is 1.05 bits per heavy atom. The van der Waals surface area contributed by atoms with Gasteiger partial charge in [-0.2, -0.15) is 0 Å². The number of rotatable bonds is 2. The summed E-state index contributed by atoms with van der Waals surface area (Å²) in [6, 6.07) is 9.13. The first-order valence-electron chi connectivity index (χ1n) is 7.88.